The Morgan fingerprint density at radius 3 is 2.31 bits per heavy atom. The Kier molecular flexibility index (Phi) is 4.28. The molecule has 0 saturated heterocycles. The normalized spacial score (nSPS) is 11.1. The molecule has 0 bridgehead atoms. The van der Waals surface area contributed by atoms with Gasteiger partial charge in [-0.15, -0.1) is 0 Å². The van der Waals surface area contributed by atoms with Crippen LogP contribution in [0.15, 0.2) is 29.2 Å². The average molecular weight is 264 g/mol. The van der Waals surface area contributed by atoms with E-state index >= 15 is 0 Å². The number of nitrogens with one attached hydrogen (secondary N) is 1. The summed E-state index contributed by atoms with van der Waals surface area (Å²) in [5, 5.41) is 11.0. The fourth-order valence-corrected chi connectivity index (χ4v) is 1.80. The van der Waals surface area contributed by atoms with E-state index < -0.39 is 9.05 Å². The summed E-state index contributed by atoms with van der Waals surface area (Å²) in [5.41, 5.74) is 0.447. The zero-order valence-corrected chi connectivity index (χ0v) is 9.75. The summed E-state index contributed by atoms with van der Waals surface area (Å²) < 4.78 is 21.8. The quantitative estimate of drug-likeness (QED) is 0.792. The van der Waals surface area contributed by atoms with Crippen LogP contribution in [0.2, 0.25) is 0 Å². The molecular formula is C9H10ClNO4S. The fourth-order valence-electron chi connectivity index (χ4n) is 1.03. The number of hydrogen-bond donors (Lipinski definition) is 2. The predicted octanol–water partition coefficient (Wildman–Crippen LogP) is 0.935. The fraction of sp³-hybridized carbons (Fsp3) is 0.222. The van der Waals surface area contributed by atoms with Crippen molar-refractivity contribution in [1.82, 2.24) is 0 Å². The molecule has 0 aromatic heterocycles. The van der Waals surface area contributed by atoms with Gasteiger partial charge >= 0.3 is 0 Å². The van der Waals surface area contributed by atoms with Gasteiger partial charge in [0.2, 0.25) is 5.91 Å². The Labute approximate surface area is 97.5 Å². The number of halogens is 1. The largest absolute Gasteiger partial charge is 0.396 e. The van der Waals surface area contributed by atoms with E-state index in [2.05, 4.69) is 5.32 Å². The molecule has 88 valence electrons. The van der Waals surface area contributed by atoms with Gasteiger partial charge in [0.05, 0.1) is 17.9 Å². The Morgan fingerprint density at radius 2 is 1.88 bits per heavy atom. The molecule has 1 rings (SSSR count). The Hall–Kier alpha value is -1.11. The number of aliphatic hydroxyl groups is 1. The minimum atomic E-state index is -3.74. The molecule has 0 aliphatic carbocycles. The second kappa shape index (κ2) is 5.29. The molecule has 0 fully saturated rings. The van der Waals surface area contributed by atoms with Crippen molar-refractivity contribution in [3.05, 3.63) is 24.3 Å². The summed E-state index contributed by atoms with van der Waals surface area (Å²) in [6, 6.07) is 5.42. The number of amides is 1. The zero-order valence-electron chi connectivity index (χ0n) is 8.18. The molecule has 0 aliphatic rings. The number of benzene rings is 1. The number of carbonyl (C=O) groups is 1. The van der Waals surface area contributed by atoms with Crippen LogP contribution in [-0.2, 0) is 13.8 Å². The van der Waals surface area contributed by atoms with E-state index in [0.717, 1.165) is 0 Å². The Balaban J connectivity index is 2.76. The van der Waals surface area contributed by atoms with Crippen LogP contribution < -0.4 is 5.32 Å². The zero-order chi connectivity index (χ0) is 12.2. The van der Waals surface area contributed by atoms with E-state index in [9.17, 15) is 13.2 Å². The van der Waals surface area contributed by atoms with Gasteiger partial charge in [0, 0.05) is 16.4 Å². The van der Waals surface area contributed by atoms with Crippen molar-refractivity contribution in [3.8, 4) is 0 Å². The lowest BCUT2D eigenvalue weighted by atomic mass is 10.3. The highest BCUT2D eigenvalue weighted by Crippen LogP contribution is 2.17. The molecule has 1 aromatic carbocycles. The molecule has 16 heavy (non-hydrogen) atoms. The van der Waals surface area contributed by atoms with E-state index in [-0.39, 0.29) is 23.8 Å². The molecule has 2 N–H and O–H groups in total. The summed E-state index contributed by atoms with van der Waals surface area (Å²) in [6.45, 7) is -0.236. The van der Waals surface area contributed by atoms with Gasteiger partial charge in [-0.05, 0) is 24.3 Å². The number of anilines is 1. The van der Waals surface area contributed by atoms with Crippen molar-refractivity contribution in [2.24, 2.45) is 0 Å². The van der Waals surface area contributed by atoms with Crippen molar-refractivity contribution in [2.45, 2.75) is 11.3 Å². The van der Waals surface area contributed by atoms with Crippen molar-refractivity contribution < 1.29 is 18.3 Å². The van der Waals surface area contributed by atoms with Gasteiger partial charge in [-0.1, -0.05) is 0 Å². The van der Waals surface area contributed by atoms with Crippen LogP contribution >= 0.6 is 10.7 Å². The van der Waals surface area contributed by atoms with Crippen LogP contribution in [0.1, 0.15) is 6.42 Å². The van der Waals surface area contributed by atoms with Gasteiger partial charge in [0.1, 0.15) is 0 Å². The summed E-state index contributed by atoms with van der Waals surface area (Å²) >= 11 is 0. The van der Waals surface area contributed by atoms with Gasteiger partial charge in [-0.2, -0.15) is 0 Å². The van der Waals surface area contributed by atoms with Crippen molar-refractivity contribution in [1.29, 1.82) is 0 Å². The number of hydrogen-bond acceptors (Lipinski definition) is 4. The first kappa shape index (κ1) is 13.0. The van der Waals surface area contributed by atoms with Gasteiger partial charge in [0.25, 0.3) is 9.05 Å². The lowest BCUT2D eigenvalue weighted by molar-refractivity contribution is -0.116. The maximum atomic E-state index is 11.1. The summed E-state index contributed by atoms with van der Waals surface area (Å²) in [4.78, 5) is 11.0. The van der Waals surface area contributed by atoms with Crippen LogP contribution in [0.4, 0.5) is 5.69 Å². The molecule has 0 saturated carbocycles. The molecule has 0 unspecified atom stereocenters. The summed E-state index contributed by atoms with van der Waals surface area (Å²) in [7, 11) is 1.38. The van der Waals surface area contributed by atoms with E-state index in [0.29, 0.717) is 5.69 Å². The number of carbonyl (C=O) groups excluding carboxylic acids is 1. The van der Waals surface area contributed by atoms with Crippen molar-refractivity contribution in [3.63, 3.8) is 0 Å². The monoisotopic (exact) mass is 263 g/mol. The SMILES string of the molecule is O=C(CCO)Nc1ccc(S(=O)(=O)Cl)cc1. The molecule has 5 nitrogen and oxygen atoms in total. The van der Waals surface area contributed by atoms with Crippen LogP contribution in [0.25, 0.3) is 0 Å². The summed E-state index contributed by atoms with van der Waals surface area (Å²) in [6.07, 6.45) is -0.00441. The van der Waals surface area contributed by atoms with Crippen LogP contribution in [0, 0.1) is 0 Å². The third-order valence-electron chi connectivity index (χ3n) is 1.76. The van der Waals surface area contributed by atoms with Crippen LogP contribution in [0.5, 0.6) is 0 Å². The molecule has 0 aliphatic heterocycles. The van der Waals surface area contributed by atoms with Gasteiger partial charge in [0.15, 0.2) is 0 Å². The smallest absolute Gasteiger partial charge is 0.261 e. The lowest BCUT2D eigenvalue weighted by Gasteiger charge is -2.04. The molecule has 0 heterocycles. The van der Waals surface area contributed by atoms with Gasteiger partial charge in [-0.3, -0.25) is 4.79 Å². The molecule has 0 radical (unpaired) electrons. The molecule has 0 atom stereocenters. The minimum Gasteiger partial charge on any atom is -0.396 e. The van der Waals surface area contributed by atoms with E-state index in [1.165, 1.54) is 24.3 Å². The molecule has 1 amide bonds. The third kappa shape index (κ3) is 3.80. The van der Waals surface area contributed by atoms with Crippen LogP contribution in [0.3, 0.4) is 0 Å². The highest BCUT2D eigenvalue weighted by atomic mass is 35.7. The highest BCUT2D eigenvalue weighted by Gasteiger charge is 2.09. The molecular weight excluding hydrogens is 254 g/mol. The van der Waals surface area contributed by atoms with E-state index in [4.69, 9.17) is 15.8 Å². The first-order chi connectivity index (χ1) is 7.43. The first-order valence-corrected chi connectivity index (χ1v) is 6.70. The maximum Gasteiger partial charge on any atom is 0.261 e. The predicted molar refractivity (Wildman–Crippen MR) is 59.8 cm³/mol. The van der Waals surface area contributed by atoms with Gasteiger partial charge < -0.3 is 10.4 Å². The second-order valence-electron chi connectivity index (χ2n) is 2.98. The molecule has 0 spiro atoms. The van der Waals surface area contributed by atoms with E-state index in [1.807, 2.05) is 0 Å². The topological polar surface area (TPSA) is 83.5 Å². The Bertz CT molecular complexity index is 469. The standard InChI is InChI=1S/C9H10ClNO4S/c10-16(14,15)8-3-1-7(2-4-8)11-9(13)5-6-12/h1-4,12H,5-6H2,(H,11,13). The Morgan fingerprint density at radius 1 is 1.31 bits per heavy atom. The molecule has 1 aromatic rings. The third-order valence-corrected chi connectivity index (χ3v) is 3.13. The summed E-state index contributed by atoms with van der Waals surface area (Å²) in [5.74, 6) is -0.344. The second-order valence-corrected chi connectivity index (χ2v) is 5.55. The highest BCUT2D eigenvalue weighted by molar-refractivity contribution is 8.13. The van der Waals surface area contributed by atoms with Crippen molar-refractivity contribution >= 4 is 31.3 Å². The lowest BCUT2D eigenvalue weighted by Crippen LogP contribution is -2.12. The average Bonchev–Trinajstić information content (AvgIpc) is 2.17. The van der Waals surface area contributed by atoms with E-state index in [1.54, 1.807) is 0 Å². The number of rotatable bonds is 4. The van der Waals surface area contributed by atoms with Crippen molar-refractivity contribution in [2.75, 3.05) is 11.9 Å². The van der Waals surface area contributed by atoms with Gasteiger partial charge in [-0.25, -0.2) is 8.42 Å². The van der Waals surface area contributed by atoms with Crippen LogP contribution in [-0.4, -0.2) is 26.0 Å². The minimum absolute atomic E-state index is 0.00441. The maximum absolute atomic E-state index is 11.1. The number of aliphatic hydroxyl groups excluding tert-OH is 1. The molecule has 7 heteroatoms. The first-order valence-electron chi connectivity index (χ1n) is 4.39.